The normalized spacial score (nSPS) is 45.4. The Morgan fingerprint density at radius 3 is 2.28 bits per heavy atom. The molecule has 11 heteroatoms. The van der Waals surface area contributed by atoms with Crippen molar-refractivity contribution in [2.75, 3.05) is 34.9 Å². The first-order valence-corrected chi connectivity index (χ1v) is 20.9. The van der Waals surface area contributed by atoms with Crippen LogP contribution in [0.3, 0.4) is 0 Å². The number of Topliss-reactive ketones (excluding diaryl/α,β-unsaturated/α-hetero) is 1. The van der Waals surface area contributed by atoms with Crippen LogP contribution in [0.15, 0.2) is 11.6 Å². The molecule has 0 radical (unpaired) electrons. The minimum Gasteiger partial charge on any atom is -0.462 e. The fourth-order valence-corrected chi connectivity index (χ4v) is 11.1. The minimum atomic E-state index is -0.568. The van der Waals surface area contributed by atoms with Crippen LogP contribution in [0.4, 0.5) is 0 Å². The van der Waals surface area contributed by atoms with E-state index in [1.807, 2.05) is 20.8 Å². The molecular formula is C42H69NO10. The number of likely N-dealkylation sites (N-methyl/N-ethyl adjacent to an activating group) is 1. The molecule has 0 unspecified atom stereocenters. The Morgan fingerprint density at radius 1 is 0.830 bits per heavy atom. The lowest BCUT2D eigenvalue weighted by molar-refractivity contribution is -0.317. The van der Waals surface area contributed by atoms with Crippen molar-refractivity contribution in [2.45, 2.75) is 173 Å². The molecule has 11 nitrogen and oxygen atoms in total. The Kier molecular flexibility index (Phi) is 14.2. The van der Waals surface area contributed by atoms with Crippen LogP contribution in [0.2, 0.25) is 0 Å². The van der Waals surface area contributed by atoms with E-state index in [0.29, 0.717) is 24.5 Å². The SMILES string of the molecule is CCO[C@@H]1[C@@H](OC)[C@H](C)O[C@@H](O[C@@H]2C[C@H]3CC[C@@H]4[C@@H](C=C5C(=O)[C@H](C)[C@@H](O[C@H]6CC[C@H](N(C)C)[C@@H](C)O6)CCC[C@H](CC)OC(=O)C[C@H]54)[C@@H]3C2)[C@@H]1OC. The van der Waals surface area contributed by atoms with E-state index in [-0.39, 0.29) is 90.9 Å². The summed E-state index contributed by atoms with van der Waals surface area (Å²) in [6.45, 7) is 10.7. The van der Waals surface area contributed by atoms with Crippen LogP contribution >= 0.6 is 0 Å². The highest BCUT2D eigenvalue weighted by Gasteiger charge is 2.54. The van der Waals surface area contributed by atoms with E-state index in [2.05, 4.69) is 38.9 Å². The number of nitrogens with zero attached hydrogens (tertiary/aromatic N) is 1. The monoisotopic (exact) mass is 747 g/mol. The molecule has 3 aliphatic carbocycles. The molecule has 0 N–H and O–H groups in total. The summed E-state index contributed by atoms with van der Waals surface area (Å²) in [6.07, 6.45) is 8.81. The second-order valence-corrected chi connectivity index (χ2v) is 17.1. The van der Waals surface area contributed by atoms with E-state index in [1.165, 1.54) is 0 Å². The second kappa shape index (κ2) is 18.2. The first-order chi connectivity index (χ1) is 25.5. The number of carbonyl (C=O) groups excluding carboxylic acids is 2. The van der Waals surface area contributed by atoms with Crippen molar-refractivity contribution in [3.63, 3.8) is 0 Å². The number of cyclic esters (lactones) is 1. The summed E-state index contributed by atoms with van der Waals surface area (Å²) in [5.41, 5.74) is 0.816. The summed E-state index contributed by atoms with van der Waals surface area (Å²) in [4.78, 5) is 30.5. The molecule has 3 saturated heterocycles. The number of allylic oxidation sites excluding steroid dienone is 2. The molecule has 0 bridgehead atoms. The zero-order valence-corrected chi connectivity index (χ0v) is 33.9. The molecule has 17 atom stereocenters. The maximum Gasteiger partial charge on any atom is 0.306 e. The molecule has 0 amide bonds. The number of hydrogen-bond donors (Lipinski definition) is 0. The highest BCUT2D eigenvalue weighted by atomic mass is 16.7. The fraction of sp³-hybridized carbons (Fsp3) is 0.905. The average Bonchev–Trinajstić information content (AvgIpc) is 3.70. The predicted molar refractivity (Wildman–Crippen MR) is 199 cm³/mol. The summed E-state index contributed by atoms with van der Waals surface area (Å²) >= 11 is 0. The maximum absolute atomic E-state index is 14.7. The van der Waals surface area contributed by atoms with Gasteiger partial charge < -0.3 is 42.8 Å². The van der Waals surface area contributed by atoms with Crippen molar-refractivity contribution in [3.05, 3.63) is 11.6 Å². The Bertz CT molecular complexity index is 1260. The van der Waals surface area contributed by atoms with Crippen molar-refractivity contribution in [3.8, 4) is 0 Å². The van der Waals surface area contributed by atoms with Crippen LogP contribution in [0.5, 0.6) is 0 Å². The fourth-order valence-electron chi connectivity index (χ4n) is 11.1. The number of ketones is 1. The molecule has 2 saturated carbocycles. The highest BCUT2D eigenvalue weighted by molar-refractivity contribution is 5.99. The summed E-state index contributed by atoms with van der Waals surface area (Å²) in [5.74, 6) is 0.733. The van der Waals surface area contributed by atoms with Crippen LogP contribution in [-0.2, 0) is 47.5 Å². The molecule has 0 spiro atoms. The van der Waals surface area contributed by atoms with Crippen LogP contribution in [-0.4, -0.2) is 119 Å². The largest absolute Gasteiger partial charge is 0.462 e. The molecule has 6 aliphatic rings. The van der Waals surface area contributed by atoms with E-state index in [1.54, 1.807) is 14.2 Å². The number of methoxy groups -OCH3 is 2. The van der Waals surface area contributed by atoms with Crippen molar-refractivity contribution in [1.82, 2.24) is 4.90 Å². The van der Waals surface area contributed by atoms with Gasteiger partial charge in [0, 0.05) is 38.7 Å². The third-order valence-electron chi connectivity index (χ3n) is 13.8. The molecule has 6 rings (SSSR count). The summed E-state index contributed by atoms with van der Waals surface area (Å²) in [6, 6.07) is 0.345. The van der Waals surface area contributed by atoms with E-state index >= 15 is 0 Å². The van der Waals surface area contributed by atoms with Gasteiger partial charge in [-0.15, -0.1) is 0 Å². The van der Waals surface area contributed by atoms with Gasteiger partial charge in [0.1, 0.15) is 24.4 Å². The number of esters is 1. The van der Waals surface area contributed by atoms with Gasteiger partial charge in [0.25, 0.3) is 0 Å². The first kappa shape index (κ1) is 41.2. The van der Waals surface area contributed by atoms with Gasteiger partial charge in [-0.25, -0.2) is 0 Å². The van der Waals surface area contributed by atoms with E-state index < -0.39 is 12.4 Å². The van der Waals surface area contributed by atoms with Gasteiger partial charge in [-0.1, -0.05) is 19.9 Å². The van der Waals surface area contributed by atoms with Crippen molar-refractivity contribution in [1.29, 1.82) is 0 Å². The van der Waals surface area contributed by atoms with E-state index in [4.69, 9.17) is 37.9 Å². The number of fused-ring (bicyclic) bond motifs is 5. The summed E-state index contributed by atoms with van der Waals surface area (Å²) < 4.78 is 50.2. The first-order valence-electron chi connectivity index (χ1n) is 20.9. The van der Waals surface area contributed by atoms with Gasteiger partial charge in [-0.3, -0.25) is 9.59 Å². The van der Waals surface area contributed by atoms with Gasteiger partial charge in [-0.2, -0.15) is 0 Å². The molecule has 0 aromatic heterocycles. The number of ether oxygens (including phenoxy) is 8. The molecule has 302 valence electrons. The topological polar surface area (TPSA) is 111 Å². The number of carbonyl (C=O) groups is 2. The number of rotatable bonds is 10. The summed E-state index contributed by atoms with van der Waals surface area (Å²) in [5, 5.41) is 0. The highest BCUT2D eigenvalue weighted by Crippen LogP contribution is 2.57. The quantitative estimate of drug-likeness (QED) is 0.242. The van der Waals surface area contributed by atoms with Gasteiger partial charge >= 0.3 is 5.97 Å². The van der Waals surface area contributed by atoms with Crippen LogP contribution in [0.25, 0.3) is 0 Å². The average molecular weight is 748 g/mol. The number of hydrogen-bond acceptors (Lipinski definition) is 11. The van der Waals surface area contributed by atoms with Crippen molar-refractivity contribution in [2.24, 2.45) is 35.5 Å². The minimum absolute atomic E-state index is 0.00218. The lowest BCUT2D eigenvalue weighted by Crippen LogP contribution is -2.60. The molecule has 3 aliphatic heterocycles. The van der Waals surface area contributed by atoms with Crippen LogP contribution in [0.1, 0.15) is 105 Å². The smallest absolute Gasteiger partial charge is 0.306 e. The lowest BCUT2D eigenvalue weighted by atomic mass is 9.66. The van der Waals surface area contributed by atoms with E-state index in [9.17, 15) is 9.59 Å². The Hall–Kier alpha value is -1.44. The zero-order chi connectivity index (χ0) is 38.0. The summed E-state index contributed by atoms with van der Waals surface area (Å²) in [7, 11) is 7.55. The van der Waals surface area contributed by atoms with Gasteiger partial charge in [0.2, 0.25) is 0 Å². The molecule has 3 heterocycles. The Morgan fingerprint density at radius 2 is 1.60 bits per heavy atom. The van der Waals surface area contributed by atoms with Crippen molar-refractivity contribution < 1.29 is 47.5 Å². The standard InChI is InChI=1S/C42H69NO10/c1-10-27-13-12-14-35(53-37-18-17-34(43(6)7)24(4)49-37)23(3)38(45)33-21-31-29(32(33)22-36(44)51-27)16-15-26-19-28(20-30(26)31)52-42-41(47-9)40(48-11-2)39(46-8)25(5)50-42/h21,23-32,34-35,37,39-42H,10-20,22H2,1-9H3/t23-,24-,25+,26-,27+,28-,29-,30-,31-,32+,34+,35+,37+,39+,40-,41-,42+/m1/s1. The Labute approximate surface area is 318 Å². The molecule has 0 aromatic rings. The molecular weight excluding hydrogens is 678 g/mol. The Balaban J connectivity index is 1.20. The van der Waals surface area contributed by atoms with Crippen molar-refractivity contribution >= 4 is 11.8 Å². The third-order valence-corrected chi connectivity index (χ3v) is 13.8. The second-order valence-electron chi connectivity index (χ2n) is 17.1. The van der Waals surface area contributed by atoms with E-state index in [0.717, 1.165) is 69.8 Å². The van der Waals surface area contributed by atoms with Crippen LogP contribution in [0, 0.1) is 35.5 Å². The molecule has 5 fully saturated rings. The lowest BCUT2D eigenvalue weighted by Gasteiger charge is -2.44. The molecule has 0 aromatic carbocycles. The third kappa shape index (κ3) is 8.93. The van der Waals surface area contributed by atoms with Gasteiger partial charge in [0.15, 0.2) is 18.4 Å². The van der Waals surface area contributed by atoms with Gasteiger partial charge in [-0.05, 0) is 128 Å². The maximum atomic E-state index is 14.7. The predicted octanol–water partition coefficient (Wildman–Crippen LogP) is 6.10. The van der Waals surface area contributed by atoms with Crippen LogP contribution < -0.4 is 0 Å². The molecule has 53 heavy (non-hydrogen) atoms. The zero-order valence-electron chi connectivity index (χ0n) is 33.9. The van der Waals surface area contributed by atoms with Gasteiger partial charge in [0.05, 0.1) is 30.8 Å².